The zero-order valence-corrected chi connectivity index (χ0v) is 17.2. The number of ether oxygens (including phenoxy) is 1. The smallest absolute Gasteiger partial charge is 0.191 e. The molecule has 0 spiro atoms. The van der Waals surface area contributed by atoms with E-state index < -0.39 is 0 Å². The van der Waals surface area contributed by atoms with Crippen molar-refractivity contribution in [2.45, 2.75) is 46.1 Å². The molecule has 5 nitrogen and oxygen atoms in total. The molecule has 6 heteroatoms. The van der Waals surface area contributed by atoms with Crippen molar-refractivity contribution in [3.8, 4) is 5.75 Å². The van der Waals surface area contributed by atoms with Crippen molar-refractivity contribution in [3.05, 3.63) is 45.9 Å². The second kappa shape index (κ2) is 9.57. The molecular formula is C20H30N4OS. The Balaban J connectivity index is 2.02. The molecule has 142 valence electrons. The Hall–Kier alpha value is -2.08. The molecule has 0 bridgehead atoms. The first-order valence-electron chi connectivity index (χ1n) is 9.08. The van der Waals surface area contributed by atoms with Crippen molar-refractivity contribution in [1.82, 2.24) is 15.6 Å². The van der Waals surface area contributed by atoms with Gasteiger partial charge in [-0.1, -0.05) is 32.9 Å². The SMILES string of the molecule is CCNC(=NCc1ncc(CC)s1)NCC(C)(C)c1cccc(OC)c1. The summed E-state index contributed by atoms with van der Waals surface area (Å²) < 4.78 is 5.35. The molecule has 0 fully saturated rings. The van der Waals surface area contributed by atoms with Gasteiger partial charge in [-0.15, -0.1) is 11.3 Å². The van der Waals surface area contributed by atoms with E-state index in [1.54, 1.807) is 18.4 Å². The zero-order chi connectivity index (χ0) is 19.0. The van der Waals surface area contributed by atoms with Gasteiger partial charge in [0.15, 0.2) is 5.96 Å². The number of rotatable bonds is 8. The van der Waals surface area contributed by atoms with E-state index in [1.807, 2.05) is 18.3 Å². The summed E-state index contributed by atoms with van der Waals surface area (Å²) in [7, 11) is 1.70. The third-order valence-electron chi connectivity index (χ3n) is 4.22. The second-order valence-corrected chi connectivity index (χ2v) is 7.94. The van der Waals surface area contributed by atoms with E-state index in [0.29, 0.717) is 6.54 Å². The van der Waals surface area contributed by atoms with Crippen LogP contribution in [0.15, 0.2) is 35.5 Å². The summed E-state index contributed by atoms with van der Waals surface area (Å²) in [6.07, 6.45) is 2.97. The van der Waals surface area contributed by atoms with Gasteiger partial charge in [-0.05, 0) is 31.0 Å². The molecule has 2 N–H and O–H groups in total. The average Bonchev–Trinajstić information content (AvgIpc) is 3.12. The number of methoxy groups -OCH3 is 1. The summed E-state index contributed by atoms with van der Waals surface area (Å²) in [5, 5.41) is 7.82. The predicted octanol–water partition coefficient (Wildman–Crippen LogP) is 3.75. The molecule has 1 aromatic carbocycles. The van der Waals surface area contributed by atoms with Crippen LogP contribution in [-0.4, -0.2) is 31.1 Å². The molecule has 26 heavy (non-hydrogen) atoms. The van der Waals surface area contributed by atoms with E-state index in [1.165, 1.54) is 10.4 Å². The number of nitrogens with one attached hydrogen (secondary N) is 2. The number of guanidine groups is 1. The highest BCUT2D eigenvalue weighted by Gasteiger charge is 2.21. The first-order chi connectivity index (χ1) is 12.5. The molecule has 0 atom stereocenters. The van der Waals surface area contributed by atoms with Crippen LogP contribution >= 0.6 is 11.3 Å². The maximum absolute atomic E-state index is 5.35. The summed E-state index contributed by atoms with van der Waals surface area (Å²) in [6, 6.07) is 8.23. The molecule has 0 amide bonds. The van der Waals surface area contributed by atoms with E-state index in [0.717, 1.165) is 36.2 Å². The van der Waals surface area contributed by atoms with Crippen molar-refractivity contribution in [2.75, 3.05) is 20.2 Å². The molecule has 0 aliphatic carbocycles. The topological polar surface area (TPSA) is 58.5 Å². The number of thiazole rings is 1. The Labute approximate surface area is 160 Å². The second-order valence-electron chi connectivity index (χ2n) is 6.74. The third-order valence-corrected chi connectivity index (χ3v) is 5.34. The van der Waals surface area contributed by atoms with Gasteiger partial charge >= 0.3 is 0 Å². The van der Waals surface area contributed by atoms with Crippen LogP contribution in [-0.2, 0) is 18.4 Å². The maximum atomic E-state index is 5.35. The fourth-order valence-corrected chi connectivity index (χ4v) is 3.31. The first-order valence-corrected chi connectivity index (χ1v) is 9.90. The molecule has 2 rings (SSSR count). The van der Waals surface area contributed by atoms with Crippen LogP contribution in [0.3, 0.4) is 0 Å². The average molecular weight is 375 g/mol. The lowest BCUT2D eigenvalue weighted by atomic mass is 9.84. The third kappa shape index (κ3) is 5.73. The largest absolute Gasteiger partial charge is 0.497 e. The number of hydrogen-bond acceptors (Lipinski definition) is 4. The quantitative estimate of drug-likeness (QED) is 0.546. The Morgan fingerprint density at radius 3 is 2.73 bits per heavy atom. The van der Waals surface area contributed by atoms with Crippen LogP contribution in [0.5, 0.6) is 5.75 Å². The highest BCUT2D eigenvalue weighted by atomic mass is 32.1. The summed E-state index contributed by atoms with van der Waals surface area (Å²) >= 11 is 1.73. The number of hydrogen-bond donors (Lipinski definition) is 2. The summed E-state index contributed by atoms with van der Waals surface area (Å²) in [6.45, 7) is 10.8. The Morgan fingerprint density at radius 1 is 1.27 bits per heavy atom. The molecular weight excluding hydrogens is 344 g/mol. The Kier molecular flexibility index (Phi) is 7.45. The predicted molar refractivity (Wildman–Crippen MR) is 110 cm³/mol. The lowest BCUT2D eigenvalue weighted by molar-refractivity contribution is 0.411. The van der Waals surface area contributed by atoms with Crippen LogP contribution in [0.25, 0.3) is 0 Å². The lowest BCUT2D eigenvalue weighted by Crippen LogP contribution is -2.43. The highest BCUT2D eigenvalue weighted by Crippen LogP contribution is 2.25. The van der Waals surface area contributed by atoms with Gasteiger partial charge < -0.3 is 15.4 Å². The summed E-state index contributed by atoms with van der Waals surface area (Å²) in [5.74, 6) is 1.70. The monoisotopic (exact) mass is 374 g/mol. The first kappa shape index (κ1) is 20.2. The fraction of sp³-hybridized carbons (Fsp3) is 0.500. The lowest BCUT2D eigenvalue weighted by Gasteiger charge is -2.27. The fourth-order valence-electron chi connectivity index (χ4n) is 2.52. The van der Waals surface area contributed by atoms with Gasteiger partial charge in [-0.2, -0.15) is 0 Å². The number of aryl methyl sites for hydroxylation is 1. The van der Waals surface area contributed by atoms with E-state index in [-0.39, 0.29) is 5.41 Å². The number of nitrogens with zero attached hydrogens (tertiary/aromatic N) is 2. The highest BCUT2D eigenvalue weighted by molar-refractivity contribution is 7.11. The Morgan fingerprint density at radius 2 is 2.08 bits per heavy atom. The molecule has 0 unspecified atom stereocenters. The van der Waals surface area contributed by atoms with Crippen molar-refractivity contribution < 1.29 is 4.74 Å². The van der Waals surface area contributed by atoms with Crippen LogP contribution in [0, 0.1) is 0 Å². The van der Waals surface area contributed by atoms with Gasteiger partial charge in [0.1, 0.15) is 10.8 Å². The standard InChI is InChI=1S/C20H30N4OS/c1-6-17-12-22-18(26-17)13-23-19(21-7-2)24-14-20(3,4)15-9-8-10-16(11-15)25-5/h8-12H,6-7,13-14H2,1-5H3,(H2,21,23,24). The van der Waals surface area contributed by atoms with Crippen LogP contribution in [0.2, 0.25) is 0 Å². The summed E-state index contributed by atoms with van der Waals surface area (Å²) in [5.41, 5.74) is 1.18. The maximum Gasteiger partial charge on any atom is 0.191 e. The van der Waals surface area contributed by atoms with E-state index in [2.05, 4.69) is 60.4 Å². The minimum atomic E-state index is -0.0543. The van der Waals surface area contributed by atoms with Gasteiger partial charge in [0, 0.05) is 29.6 Å². The van der Waals surface area contributed by atoms with Crippen molar-refractivity contribution in [1.29, 1.82) is 0 Å². The molecule has 0 aliphatic rings. The minimum Gasteiger partial charge on any atom is -0.497 e. The van der Waals surface area contributed by atoms with Gasteiger partial charge in [0.05, 0.1) is 13.7 Å². The number of benzene rings is 1. The molecule has 1 heterocycles. The summed E-state index contributed by atoms with van der Waals surface area (Å²) in [4.78, 5) is 10.4. The molecule has 0 saturated carbocycles. The Bertz CT molecular complexity index is 724. The van der Waals surface area contributed by atoms with Gasteiger partial charge in [-0.25, -0.2) is 9.98 Å². The number of aromatic nitrogens is 1. The van der Waals surface area contributed by atoms with E-state index >= 15 is 0 Å². The molecule has 1 aromatic heterocycles. The molecule has 0 saturated heterocycles. The van der Waals surface area contributed by atoms with Crippen molar-refractivity contribution >= 4 is 17.3 Å². The van der Waals surface area contributed by atoms with Crippen LogP contribution in [0.1, 0.15) is 43.1 Å². The van der Waals surface area contributed by atoms with Gasteiger partial charge in [-0.3, -0.25) is 0 Å². The van der Waals surface area contributed by atoms with E-state index in [4.69, 9.17) is 4.74 Å². The minimum absolute atomic E-state index is 0.0543. The van der Waals surface area contributed by atoms with Crippen LogP contribution < -0.4 is 15.4 Å². The van der Waals surface area contributed by atoms with Crippen LogP contribution in [0.4, 0.5) is 0 Å². The molecule has 0 aliphatic heterocycles. The van der Waals surface area contributed by atoms with Crippen molar-refractivity contribution in [2.24, 2.45) is 4.99 Å². The molecule has 2 aromatic rings. The normalized spacial score (nSPS) is 12.1. The number of aliphatic imine (C=N–C) groups is 1. The van der Waals surface area contributed by atoms with Crippen molar-refractivity contribution in [3.63, 3.8) is 0 Å². The molecule has 0 radical (unpaired) electrons. The van der Waals surface area contributed by atoms with Gasteiger partial charge in [0.25, 0.3) is 0 Å². The van der Waals surface area contributed by atoms with Gasteiger partial charge in [0.2, 0.25) is 0 Å². The van der Waals surface area contributed by atoms with E-state index in [9.17, 15) is 0 Å². The zero-order valence-electron chi connectivity index (χ0n) is 16.4.